The van der Waals surface area contributed by atoms with Gasteiger partial charge in [-0.25, -0.2) is 0 Å². The molecule has 2 atom stereocenters. The Hall–Kier alpha value is -1.35. The van der Waals surface area contributed by atoms with Crippen LogP contribution in [-0.2, 0) is 4.79 Å². The number of amides is 1. The largest absolute Gasteiger partial charge is 0.326 e. The lowest BCUT2D eigenvalue weighted by atomic mass is 9.92. The summed E-state index contributed by atoms with van der Waals surface area (Å²) < 4.78 is 0. The number of benzene rings is 1. The zero-order chi connectivity index (χ0) is 12.3. The minimum absolute atomic E-state index is 0.145. The Labute approximate surface area is 103 Å². The summed E-state index contributed by atoms with van der Waals surface area (Å²) >= 11 is 0. The first-order chi connectivity index (χ1) is 8.15. The van der Waals surface area contributed by atoms with Crippen molar-refractivity contribution in [3.63, 3.8) is 0 Å². The summed E-state index contributed by atoms with van der Waals surface area (Å²) in [5.74, 6) is 0.302. The molecule has 1 aliphatic heterocycles. The van der Waals surface area contributed by atoms with Crippen LogP contribution in [0.15, 0.2) is 24.3 Å². The topological polar surface area (TPSA) is 41.1 Å². The molecule has 1 aliphatic rings. The summed E-state index contributed by atoms with van der Waals surface area (Å²) in [5, 5.41) is 6.37. The van der Waals surface area contributed by atoms with E-state index in [2.05, 4.69) is 17.6 Å². The molecule has 3 nitrogen and oxygen atoms in total. The van der Waals surface area contributed by atoms with E-state index >= 15 is 0 Å². The van der Waals surface area contributed by atoms with Crippen LogP contribution in [0.4, 0.5) is 5.69 Å². The number of rotatable bonds is 2. The number of carbonyl (C=O) groups is 1. The fraction of sp³-hybridized carbons (Fsp3) is 0.500. The first kappa shape index (κ1) is 12.1. The maximum Gasteiger partial charge on any atom is 0.227 e. The molecule has 0 spiro atoms. The maximum atomic E-state index is 12.1. The van der Waals surface area contributed by atoms with Gasteiger partial charge >= 0.3 is 0 Å². The van der Waals surface area contributed by atoms with Gasteiger partial charge in [0.25, 0.3) is 0 Å². The molecule has 2 N–H and O–H groups in total. The second-order valence-electron chi connectivity index (χ2n) is 4.94. The SMILES string of the molecule is Cc1cccc(NC(=O)C2CCNC(C)C2)c1. The second kappa shape index (κ2) is 5.32. The van der Waals surface area contributed by atoms with Crippen LogP contribution in [0.3, 0.4) is 0 Å². The fourth-order valence-corrected chi connectivity index (χ4v) is 2.34. The van der Waals surface area contributed by atoms with Crippen molar-refractivity contribution >= 4 is 11.6 Å². The molecule has 1 aromatic carbocycles. The minimum atomic E-state index is 0.145. The van der Waals surface area contributed by atoms with Crippen molar-refractivity contribution in [2.24, 2.45) is 5.92 Å². The molecule has 2 unspecified atom stereocenters. The normalized spacial score (nSPS) is 24.4. The molecule has 0 radical (unpaired) electrons. The third-order valence-electron chi connectivity index (χ3n) is 3.28. The molecule has 0 saturated carbocycles. The lowest BCUT2D eigenvalue weighted by Crippen LogP contribution is -2.40. The summed E-state index contributed by atoms with van der Waals surface area (Å²) in [6.45, 7) is 5.10. The smallest absolute Gasteiger partial charge is 0.227 e. The highest BCUT2D eigenvalue weighted by atomic mass is 16.1. The highest BCUT2D eigenvalue weighted by Gasteiger charge is 2.24. The van der Waals surface area contributed by atoms with Gasteiger partial charge in [-0.2, -0.15) is 0 Å². The van der Waals surface area contributed by atoms with Crippen LogP contribution >= 0.6 is 0 Å². The number of anilines is 1. The van der Waals surface area contributed by atoms with E-state index in [0.29, 0.717) is 6.04 Å². The Bertz CT molecular complexity index is 403. The van der Waals surface area contributed by atoms with E-state index in [1.54, 1.807) is 0 Å². The van der Waals surface area contributed by atoms with Crippen LogP contribution in [0, 0.1) is 12.8 Å². The molecule has 1 fully saturated rings. The van der Waals surface area contributed by atoms with Crippen LogP contribution in [-0.4, -0.2) is 18.5 Å². The first-order valence-electron chi connectivity index (χ1n) is 6.26. The van der Waals surface area contributed by atoms with Crippen molar-refractivity contribution < 1.29 is 4.79 Å². The third kappa shape index (κ3) is 3.30. The van der Waals surface area contributed by atoms with Crippen LogP contribution in [0.25, 0.3) is 0 Å². The van der Waals surface area contributed by atoms with Crippen LogP contribution in [0.1, 0.15) is 25.3 Å². The highest BCUT2D eigenvalue weighted by molar-refractivity contribution is 5.92. The standard InChI is InChI=1S/C14H20N2O/c1-10-4-3-5-13(8-10)16-14(17)12-6-7-15-11(2)9-12/h3-5,8,11-12,15H,6-7,9H2,1-2H3,(H,16,17). The predicted octanol–water partition coefficient (Wildman–Crippen LogP) is 2.32. The Morgan fingerprint density at radius 2 is 2.29 bits per heavy atom. The van der Waals surface area contributed by atoms with Gasteiger partial charge in [0.1, 0.15) is 0 Å². The molecular weight excluding hydrogens is 212 g/mol. The first-order valence-corrected chi connectivity index (χ1v) is 6.26. The van der Waals surface area contributed by atoms with E-state index < -0.39 is 0 Å². The summed E-state index contributed by atoms with van der Waals surface area (Å²) in [4.78, 5) is 12.1. The van der Waals surface area contributed by atoms with E-state index in [4.69, 9.17) is 0 Å². The third-order valence-corrected chi connectivity index (χ3v) is 3.28. The molecule has 1 saturated heterocycles. The van der Waals surface area contributed by atoms with Gasteiger partial charge in [0.15, 0.2) is 0 Å². The number of piperidine rings is 1. The zero-order valence-electron chi connectivity index (χ0n) is 10.5. The van der Waals surface area contributed by atoms with E-state index in [0.717, 1.165) is 25.1 Å². The zero-order valence-corrected chi connectivity index (χ0v) is 10.5. The number of aryl methyl sites for hydroxylation is 1. The van der Waals surface area contributed by atoms with E-state index in [1.807, 2.05) is 31.2 Å². The summed E-state index contributed by atoms with van der Waals surface area (Å²) in [6.07, 6.45) is 1.86. The van der Waals surface area contributed by atoms with E-state index in [9.17, 15) is 4.79 Å². The summed E-state index contributed by atoms with van der Waals surface area (Å²) in [5.41, 5.74) is 2.07. The van der Waals surface area contributed by atoms with Crippen LogP contribution < -0.4 is 10.6 Å². The van der Waals surface area contributed by atoms with Gasteiger partial charge < -0.3 is 10.6 Å². The Morgan fingerprint density at radius 1 is 1.47 bits per heavy atom. The molecule has 3 heteroatoms. The molecule has 0 aromatic heterocycles. The molecule has 17 heavy (non-hydrogen) atoms. The molecule has 1 heterocycles. The average Bonchev–Trinajstić information content (AvgIpc) is 2.29. The van der Waals surface area contributed by atoms with Crippen molar-refractivity contribution in [3.05, 3.63) is 29.8 Å². The van der Waals surface area contributed by atoms with Gasteiger partial charge in [-0.1, -0.05) is 12.1 Å². The van der Waals surface area contributed by atoms with Crippen LogP contribution in [0.2, 0.25) is 0 Å². The fourth-order valence-electron chi connectivity index (χ4n) is 2.34. The molecule has 1 amide bonds. The Balaban J connectivity index is 1.96. The molecule has 1 aromatic rings. The second-order valence-corrected chi connectivity index (χ2v) is 4.94. The number of hydrogen-bond donors (Lipinski definition) is 2. The number of hydrogen-bond acceptors (Lipinski definition) is 2. The van der Waals surface area contributed by atoms with Gasteiger partial charge in [-0.3, -0.25) is 4.79 Å². The Morgan fingerprint density at radius 3 is 3.00 bits per heavy atom. The van der Waals surface area contributed by atoms with Gasteiger partial charge in [0.2, 0.25) is 5.91 Å². The van der Waals surface area contributed by atoms with E-state index in [-0.39, 0.29) is 11.8 Å². The molecular formula is C14H20N2O. The minimum Gasteiger partial charge on any atom is -0.326 e. The number of nitrogens with one attached hydrogen (secondary N) is 2. The van der Waals surface area contributed by atoms with Crippen LogP contribution in [0.5, 0.6) is 0 Å². The molecule has 2 rings (SSSR count). The van der Waals surface area contributed by atoms with Crippen molar-refractivity contribution in [1.82, 2.24) is 5.32 Å². The van der Waals surface area contributed by atoms with Gasteiger partial charge in [-0.15, -0.1) is 0 Å². The van der Waals surface area contributed by atoms with E-state index in [1.165, 1.54) is 5.56 Å². The lowest BCUT2D eigenvalue weighted by Gasteiger charge is -2.27. The lowest BCUT2D eigenvalue weighted by molar-refractivity contribution is -0.120. The average molecular weight is 232 g/mol. The van der Waals surface area contributed by atoms with Crippen molar-refractivity contribution in [1.29, 1.82) is 0 Å². The molecule has 0 bridgehead atoms. The molecule has 92 valence electrons. The molecule has 0 aliphatic carbocycles. The van der Waals surface area contributed by atoms with Crippen molar-refractivity contribution in [2.75, 3.05) is 11.9 Å². The number of carbonyl (C=O) groups excluding carboxylic acids is 1. The summed E-state index contributed by atoms with van der Waals surface area (Å²) in [7, 11) is 0. The predicted molar refractivity (Wildman–Crippen MR) is 70.0 cm³/mol. The van der Waals surface area contributed by atoms with Gasteiger partial charge in [0, 0.05) is 17.6 Å². The quantitative estimate of drug-likeness (QED) is 0.821. The summed E-state index contributed by atoms with van der Waals surface area (Å²) in [6, 6.07) is 8.38. The maximum absolute atomic E-state index is 12.1. The van der Waals surface area contributed by atoms with Gasteiger partial charge in [-0.05, 0) is 50.9 Å². The van der Waals surface area contributed by atoms with Gasteiger partial charge in [0.05, 0.1) is 0 Å². The highest BCUT2D eigenvalue weighted by Crippen LogP contribution is 2.19. The van der Waals surface area contributed by atoms with Crippen molar-refractivity contribution in [2.45, 2.75) is 32.7 Å². The Kier molecular flexibility index (Phi) is 3.79. The van der Waals surface area contributed by atoms with Crippen molar-refractivity contribution in [3.8, 4) is 0 Å². The monoisotopic (exact) mass is 232 g/mol.